The predicted octanol–water partition coefficient (Wildman–Crippen LogP) is 6.92. The molecule has 4 heteroatoms. The lowest BCUT2D eigenvalue weighted by molar-refractivity contribution is -0.134. The van der Waals surface area contributed by atoms with E-state index >= 15 is 0 Å². The molecule has 0 amide bonds. The summed E-state index contributed by atoms with van der Waals surface area (Å²) in [5, 5.41) is 0. The number of aromatic nitrogens is 2. The Bertz CT molecular complexity index is 696. The van der Waals surface area contributed by atoms with Gasteiger partial charge in [-0.25, -0.2) is 0 Å². The van der Waals surface area contributed by atoms with Gasteiger partial charge in [0.15, 0.2) is 0 Å². The van der Waals surface area contributed by atoms with E-state index in [1.165, 1.54) is 44.9 Å². The Morgan fingerprint density at radius 1 is 0.793 bits per heavy atom. The predicted molar refractivity (Wildman–Crippen MR) is 119 cm³/mol. The monoisotopic (exact) mass is 396 g/mol. The van der Waals surface area contributed by atoms with Crippen LogP contribution in [0.5, 0.6) is 5.75 Å². The molecule has 1 heterocycles. The van der Waals surface area contributed by atoms with E-state index in [-0.39, 0.29) is 5.97 Å². The van der Waals surface area contributed by atoms with Crippen molar-refractivity contribution in [3.63, 3.8) is 0 Å². The van der Waals surface area contributed by atoms with Gasteiger partial charge in [0, 0.05) is 18.2 Å². The summed E-state index contributed by atoms with van der Waals surface area (Å²) in [6, 6.07) is 7.51. The molecule has 2 rings (SSSR count). The van der Waals surface area contributed by atoms with Gasteiger partial charge in [-0.15, -0.1) is 0 Å². The summed E-state index contributed by atoms with van der Waals surface area (Å²) in [7, 11) is 0. The topological polar surface area (TPSA) is 52.1 Å². The largest absolute Gasteiger partial charge is 0.427 e. The molecule has 0 bridgehead atoms. The average molecular weight is 397 g/mol. The highest BCUT2D eigenvalue weighted by molar-refractivity contribution is 5.72. The SMILES string of the molecule is CCCCCCCCCC(=O)Oc1ccc(-c2cnc(CCCCC)cn2)cc1. The quantitative estimate of drug-likeness (QED) is 0.197. The molecule has 0 spiro atoms. The van der Waals surface area contributed by atoms with E-state index in [4.69, 9.17) is 4.74 Å². The first-order chi connectivity index (χ1) is 14.2. The van der Waals surface area contributed by atoms with Gasteiger partial charge in [-0.1, -0.05) is 65.2 Å². The van der Waals surface area contributed by atoms with Gasteiger partial charge in [0.2, 0.25) is 0 Å². The standard InChI is InChI=1S/C25H36N2O2/c1-3-5-7-8-9-10-12-14-25(28)29-23-17-15-21(16-18-23)24-20-26-22(19-27-24)13-11-6-4-2/h15-20H,3-14H2,1-2H3. The summed E-state index contributed by atoms with van der Waals surface area (Å²) in [5.41, 5.74) is 2.85. The maximum atomic E-state index is 12.0. The molecule has 0 saturated heterocycles. The molecule has 0 atom stereocenters. The van der Waals surface area contributed by atoms with Crippen molar-refractivity contribution in [3.8, 4) is 17.0 Å². The van der Waals surface area contributed by atoms with E-state index in [2.05, 4.69) is 23.8 Å². The van der Waals surface area contributed by atoms with Gasteiger partial charge >= 0.3 is 5.97 Å². The van der Waals surface area contributed by atoms with Crippen molar-refractivity contribution < 1.29 is 9.53 Å². The Morgan fingerprint density at radius 3 is 2.10 bits per heavy atom. The molecular weight excluding hydrogens is 360 g/mol. The molecule has 2 aromatic rings. The fourth-order valence-corrected chi connectivity index (χ4v) is 3.29. The Hall–Kier alpha value is -2.23. The lowest BCUT2D eigenvalue weighted by atomic mass is 10.1. The fraction of sp³-hybridized carbons (Fsp3) is 0.560. The number of hydrogen-bond donors (Lipinski definition) is 0. The lowest BCUT2D eigenvalue weighted by Gasteiger charge is -2.06. The van der Waals surface area contributed by atoms with E-state index in [9.17, 15) is 4.79 Å². The molecule has 1 aromatic carbocycles. The third-order valence-electron chi connectivity index (χ3n) is 5.11. The molecule has 0 N–H and O–H groups in total. The lowest BCUT2D eigenvalue weighted by Crippen LogP contribution is -2.07. The van der Waals surface area contributed by atoms with Gasteiger partial charge in [-0.3, -0.25) is 14.8 Å². The molecule has 4 nitrogen and oxygen atoms in total. The van der Waals surface area contributed by atoms with E-state index in [1.807, 2.05) is 36.7 Å². The number of unbranched alkanes of at least 4 members (excludes halogenated alkanes) is 8. The van der Waals surface area contributed by atoms with E-state index in [1.54, 1.807) is 0 Å². The van der Waals surface area contributed by atoms with Gasteiger partial charge in [0.05, 0.1) is 17.6 Å². The van der Waals surface area contributed by atoms with E-state index in [0.29, 0.717) is 12.2 Å². The zero-order valence-corrected chi connectivity index (χ0v) is 18.2. The maximum Gasteiger partial charge on any atom is 0.311 e. The van der Waals surface area contributed by atoms with Crippen molar-refractivity contribution in [2.24, 2.45) is 0 Å². The zero-order chi connectivity index (χ0) is 20.7. The van der Waals surface area contributed by atoms with Crippen LogP contribution in [-0.4, -0.2) is 15.9 Å². The summed E-state index contributed by atoms with van der Waals surface area (Å²) < 4.78 is 5.45. The highest BCUT2D eigenvalue weighted by Gasteiger charge is 2.06. The highest BCUT2D eigenvalue weighted by Crippen LogP contribution is 2.21. The van der Waals surface area contributed by atoms with Gasteiger partial charge in [0.25, 0.3) is 0 Å². The van der Waals surface area contributed by atoms with Crippen LogP contribution in [-0.2, 0) is 11.2 Å². The number of ether oxygens (including phenoxy) is 1. The molecule has 0 aliphatic heterocycles. The van der Waals surface area contributed by atoms with Crippen molar-refractivity contribution in [1.82, 2.24) is 9.97 Å². The molecular formula is C25H36N2O2. The minimum atomic E-state index is -0.150. The highest BCUT2D eigenvalue weighted by atomic mass is 16.5. The van der Waals surface area contributed by atoms with Crippen molar-refractivity contribution in [2.45, 2.75) is 90.9 Å². The van der Waals surface area contributed by atoms with Crippen molar-refractivity contribution in [3.05, 3.63) is 42.4 Å². The number of carbonyl (C=O) groups excluding carboxylic acids is 1. The zero-order valence-electron chi connectivity index (χ0n) is 18.2. The number of nitrogens with zero attached hydrogens (tertiary/aromatic N) is 2. The molecule has 0 radical (unpaired) electrons. The Kier molecular flexibility index (Phi) is 11.0. The second-order valence-corrected chi connectivity index (χ2v) is 7.72. The first-order valence-corrected chi connectivity index (χ1v) is 11.3. The minimum absolute atomic E-state index is 0.150. The summed E-state index contributed by atoms with van der Waals surface area (Å²) in [6.45, 7) is 4.42. The molecule has 0 unspecified atom stereocenters. The van der Waals surface area contributed by atoms with Crippen LogP contribution in [0.25, 0.3) is 11.3 Å². The first kappa shape index (κ1) is 23.1. The van der Waals surface area contributed by atoms with Crippen LogP contribution >= 0.6 is 0 Å². The van der Waals surface area contributed by atoms with Crippen LogP contribution in [0.1, 0.15) is 90.2 Å². The average Bonchev–Trinajstić information content (AvgIpc) is 2.74. The summed E-state index contributed by atoms with van der Waals surface area (Å²) in [6.07, 6.45) is 17.1. The third-order valence-corrected chi connectivity index (χ3v) is 5.11. The third kappa shape index (κ3) is 9.21. The Morgan fingerprint density at radius 2 is 1.45 bits per heavy atom. The van der Waals surface area contributed by atoms with Crippen LogP contribution in [0, 0.1) is 0 Å². The van der Waals surface area contributed by atoms with Crippen molar-refractivity contribution in [1.29, 1.82) is 0 Å². The normalized spacial score (nSPS) is 10.8. The van der Waals surface area contributed by atoms with Crippen LogP contribution in [0.4, 0.5) is 0 Å². The second kappa shape index (κ2) is 13.9. The smallest absolute Gasteiger partial charge is 0.311 e. The first-order valence-electron chi connectivity index (χ1n) is 11.3. The van der Waals surface area contributed by atoms with Crippen LogP contribution < -0.4 is 4.74 Å². The number of rotatable bonds is 14. The summed E-state index contributed by atoms with van der Waals surface area (Å²) >= 11 is 0. The molecule has 0 aliphatic rings. The maximum absolute atomic E-state index is 12.0. The number of esters is 1. The molecule has 158 valence electrons. The Balaban J connectivity index is 1.73. The number of benzene rings is 1. The fourth-order valence-electron chi connectivity index (χ4n) is 3.29. The minimum Gasteiger partial charge on any atom is -0.427 e. The van der Waals surface area contributed by atoms with Gasteiger partial charge < -0.3 is 4.74 Å². The van der Waals surface area contributed by atoms with E-state index in [0.717, 1.165) is 42.6 Å². The summed E-state index contributed by atoms with van der Waals surface area (Å²) in [4.78, 5) is 21.0. The van der Waals surface area contributed by atoms with Gasteiger partial charge in [0.1, 0.15) is 5.75 Å². The number of hydrogen-bond acceptors (Lipinski definition) is 4. The van der Waals surface area contributed by atoms with Gasteiger partial charge in [-0.05, 0) is 43.5 Å². The molecule has 29 heavy (non-hydrogen) atoms. The Labute approximate surface area is 176 Å². The van der Waals surface area contributed by atoms with Crippen LogP contribution in [0.15, 0.2) is 36.7 Å². The van der Waals surface area contributed by atoms with Crippen LogP contribution in [0.3, 0.4) is 0 Å². The summed E-state index contributed by atoms with van der Waals surface area (Å²) in [5.74, 6) is 0.438. The molecule has 0 fully saturated rings. The second-order valence-electron chi connectivity index (χ2n) is 7.72. The van der Waals surface area contributed by atoms with Crippen molar-refractivity contribution >= 4 is 5.97 Å². The van der Waals surface area contributed by atoms with Gasteiger partial charge in [-0.2, -0.15) is 0 Å². The molecule has 1 aromatic heterocycles. The molecule has 0 saturated carbocycles. The molecule has 0 aliphatic carbocycles. The number of aryl methyl sites for hydroxylation is 1. The van der Waals surface area contributed by atoms with Crippen LogP contribution in [0.2, 0.25) is 0 Å². The van der Waals surface area contributed by atoms with Crippen molar-refractivity contribution in [2.75, 3.05) is 0 Å². The number of carbonyl (C=O) groups is 1. The van der Waals surface area contributed by atoms with E-state index < -0.39 is 0 Å².